The third kappa shape index (κ3) is 1.57. The first-order valence-corrected chi connectivity index (χ1v) is 5.02. The average Bonchev–Trinajstić information content (AvgIpc) is 2.87. The molecule has 18 heavy (non-hydrogen) atoms. The number of oxazole rings is 1. The van der Waals surface area contributed by atoms with Gasteiger partial charge >= 0.3 is 6.18 Å². The summed E-state index contributed by atoms with van der Waals surface area (Å²) in [6.07, 6.45) is -1.47. The predicted octanol–water partition coefficient (Wildman–Crippen LogP) is 2.44. The summed E-state index contributed by atoms with van der Waals surface area (Å²) in [5.74, 6) is 0.186. The smallest absolute Gasteiger partial charge is 0.419 e. The molecule has 0 radical (unpaired) electrons. The largest absolute Gasteiger partial charge is 0.435 e. The molecule has 0 saturated heterocycles. The first-order chi connectivity index (χ1) is 8.45. The van der Waals surface area contributed by atoms with E-state index in [0.717, 1.165) is 10.7 Å². The number of nitrogens with zero attached hydrogens (tertiary/aromatic N) is 4. The second kappa shape index (κ2) is 3.37. The Hall–Kier alpha value is -2.25. The minimum absolute atomic E-state index is 0.186. The van der Waals surface area contributed by atoms with Gasteiger partial charge in [0.2, 0.25) is 11.6 Å². The Morgan fingerprint density at radius 2 is 2.11 bits per heavy atom. The standard InChI is InChI=1S/C10H7F3N4O/c1-6-4-7(10(11,12)13)15-17(6)9-5-16-8(18-9)2-3-14-16/h2-5H,1H3. The van der Waals surface area contributed by atoms with E-state index in [-0.39, 0.29) is 5.88 Å². The van der Waals surface area contributed by atoms with Crippen LogP contribution in [0, 0.1) is 6.92 Å². The van der Waals surface area contributed by atoms with Crippen molar-refractivity contribution < 1.29 is 17.6 Å². The highest BCUT2D eigenvalue weighted by molar-refractivity contribution is 5.36. The minimum atomic E-state index is -4.47. The SMILES string of the molecule is Cc1cc(C(F)(F)F)nn1-c1cn2nccc2o1. The van der Waals surface area contributed by atoms with Crippen molar-refractivity contribution in [2.24, 2.45) is 0 Å². The van der Waals surface area contributed by atoms with Gasteiger partial charge in [0.25, 0.3) is 0 Å². The van der Waals surface area contributed by atoms with E-state index < -0.39 is 11.9 Å². The molecule has 94 valence electrons. The van der Waals surface area contributed by atoms with Crippen molar-refractivity contribution in [2.75, 3.05) is 0 Å². The molecule has 3 rings (SSSR count). The van der Waals surface area contributed by atoms with Crippen LogP contribution in [0.15, 0.2) is 28.9 Å². The summed E-state index contributed by atoms with van der Waals surface area (Å²) in [5, 5.41) is 7.39. The average molecular weight is 256 g/mol. The maximum Gasteiger partial charge on any atom is 0.435 e. The number of alkyl halides is 3. The molecule has 0 amide bonds. The zero-order valence-corrected chi connectivity index (χ0v) is 9.14. The van der Waals surface area contributed by atoms with Crippen molar-refractivity contribution in [3.05, 3.63) is 35.9 Å². The molecule has 3 aromatic rings. The van der Waals surface area contributed by atoms with E-state index >= 15 is 0 Å². The van der Waals surface area contributed by atoms with Gasteiger partial charge in [-0.25, -0.2) is 9.20 Å². The van der Waals surface area contributed by atoms with Crippen LogP contribution in [0.4, 0.5) is 13.2 Å². The maximum absolute atomic E-state index is 12.5. The number of halogens is 3. The highest BCUT2D eigenvalue weighted by Crippen LogP contribution is 2.29. The van der Waals surface area contributed by atoms with Crippen LogP contribution in [0.1, 0.15) is 11.4 Å². The molecule has 0 aliphatic carbocycles. The predicted molar refractivity (Wildman–Crippen MR) is 54.3 cm³/mol. The van der Waals surface area contributed by atoms with E-state index in [1.807, 2.05) is 0 Å². The fraction of sp³-hybridized carbons (Fsp3) is 0.200. The first-order valence-electron chi connectivity index (χ1n) is 5.02. The van der Waals surface area contributed by atoms with Gasteiger partial charge in [0.1, 0.15) is 0 Å². The fourth-order valence-electron chi connectivity index (χ4n) is 1.65. The molecule has 8 heteroatoms. The van der Waals surface area contributed by atoms with Gasteiger partial charge in [0, 0.05) is 11.8 Å². The van der Waals surface area contributed by atoms with Crippen molar-refractivity contribution in [2.45, 2.75) is 13.1 Å². The van der Waals surface area contributed by atoms with Crippen LogP contribution in [-0.4, -0.2) is 19.4 Å². The van der Waals surface area contributed by atoms with E-state index in [1.54, 1.807) is 6.07 Å². The highest BCUT2D eigenvalue weighted by Gasteiger charge is 2.34. The lowest BCUT2D eigenvalue weighted by Gasteiger charge is -2.00. The van der Waals surface area contributed by atoms with Crippen LogP contribution < -0.4 is 0 Å². The zero-order valence-electron chi connectivity index (χ0n) is 9.14. The summed E-state index contributed by atoms with van der Waals surface area (Å²) in [6.45, 7) is 1.52. The lowest BCUT2D eigenvalue weighted by atomic mass is 10.4. The van der Waals surface area contributed by atoms with Gasteiger partial charge in [-0.3, -0.25) is 0 Å². The molecule has 0 N–H and O–H groups in total. The van der Waals surface area contributed by atoms with Gasteiger partial charge in [-0.1, -0.05) is 0 Å². The van der Waals surface area contributed by atoms with E-state index in [2.05, 4.69) is 10.2 Å². The number of aromatic nitrogens is 4. The summed E-state index contributed by atoms with van der Waals surface area (Å²) in [4.78, 5) is 0. The van der Waals surface area contributed by atoms with E-state index in [9.17, 15) is 13.2 Å². The first kappa shape index (κ1) is 10.9. The summed E-state index contributed by atoms with van der Waals surface area (Å²) in [7, 11) is 0. The molecule has 0 aromatic carbocycles. The van der Waals surface area contributed by atoms with E-state index in [0.29, 0.717) is 11.4 Å². The van der Waals surface area contributed by atoms with E-state index in [4.69, 9.17) is 4.42 Å². The third-order valence-corrected chi connectivity index (χ3v) is 2.46. The molecule has 0 saturated carbocycles. The Bertz CT molecular complexity index is 678. The van der Waals surface area contributed by atoms with Gasteiger partial charge in [-0.05, 0) is 13.0 Å². The van der Waals surface area contributed by atoms with Crippen LogP contribution in [-0.2, 0) is 6.18 Å². The number of aryl methyl sites for hydroxylation is 1. The summed E-state index contributed by atoms with van der Waals surface area (Å²) in [5.41, 5.74) is -0.179. The summed E-state index contributed by atoms with van der Waals surface area (Å²) in [6, 6.07) is 2.57. The normalized spacial score (nSPS) is 12.4. The Labute approximate surface area is 98.4 Å². The van der Waals surface area contributed by atoms with Gasteiger partial charge in [-0.2, -0.15) is 23.4 Å². The zero-order chi connectivity index (χ0) is 12.9. The topological polar surface area (TPSA) is 48.3 Å². The molecule has 0 atom stereocenters. The monoisotopic (exact) mass is 256 g/mol. The van der Waals surface area contributed by atoms with Crippen molar-refractivity contribution in [1.82, 2.24) is 19.4 Å². The number of hydrogen-bond acceptors (Lipinski definition) is 3. The molecule has 0 fully saturated rings. The summed E-state index contributed by atoms with van der Waals surface area (Å²) < 4.78 is 45.4. The van der Waals surface area contributed by atoms with Gasteiger partial charge in [-0.15, -0.1) is 0 Å². The molecule has 0 unspecified atom stereocenters. The lowest BCUT2D eigenvalue weighted by molar-refractivity contribution is -0.141. The molecule has 3 heterocycles. The van der Waals surface area contributed by atoms with E-state index in [1.165, 1.54) is 23.8 Å². The van der Waals surface area contributed by atoms with Crippen LogP contribution >= 0.6 is 0 Å². The molecule has 0 aliphatic rings. The third-order valence-electron chi connectivity index (χ3n) is 2.46. The van der Waals surface area contributed by atoms with Crippen LogP contribution in [0.2, 0.25) is 0 Å². The van der Waals surface area contributed by atoms with Crippen molar-refractivity contribution in [3.8, 4) is 5.88 Å². The highest BCUT2D eigenvalue weighted by atomic mass is 19.4. The van der Waals surface area contributed by atoms with Crippen molar-refractivity contribution >= 4 is 5.71 Å². The van der Waals surface area contributed by atoms with Crippen LogP contribution in [0.25, 0.3) is 11.6 Å². The van der Waals surface area contributed by atoms with Crippen LogP contribution in [0.3, 0.4) is 0 Å². The Kier molecular flexibility index (Phi) is 2.04. The number of rotatable bonds is 1. The van der Waals surface area contributed by atoms with Gasteiger partial charge in [0.05, 0.1) is 12.4 Å². The second-order valence-electron chi connectivity index (χ2n) is 3.76. The van der Waals surface area contributed by atoms with Crippen LogP contribution in [0.5, 0.6) is 0 Å². The van der Waals surface area contributed by atoms with Gasteiger partial charge in [0.15, 0.2) is 5.69 Å². The Balaban J connectivity index is 2.12. The molecule has 0 aliphatic heterocycles. The fourth-order valence-corrected chi connectivity index (χ4v) is 1.65. The number of hydrogen-bond donors (Lipinski definition) is 0. The quantitative estimate of drug-likeness (QED) is 0.671. The molecular formula is C10H7F3N4O. The Morgan fingerprint density at radius 3 is 2.72 bits per heavy atom. The minimum Gasteiger partial charge on any atom is -0.419 e. The number of fused-ring (bicyclic) bond motifs is 1. The second-order valence-corrected chi connectivity index (χ2v) is 3.76. The molecule has 3 aromatic heterocycles. The molecule has 0 spiro atoms. The molecule has 0 bridgehead atoms. The van der Waals surface area contributed by atoms with Gasteiger partial charge < -0.3 is 4.42 Å². The van der Waals surface area contributed by atoms with Crippen molar-refractivity contribution in [1.29, 1.82) is 0 Å². The van der Waals surface area contributed by atoms with Crippen molar-refractivity contribution in [3.63, 3.8) is 0 Å². The maximum atomic E-state index is 12.5. The molecule has 5 nitrogen and oxygen atoms in total. The lowest BCUT2D eigenvalue weighted by Crippen LogP contribution is -2.07. The molecular weight excluding hydrogens is 249 g/mol. The summed E-state index contributed by atoms with van der Waals surface area (Å²) >= 11 is 0. The Morgan fingerprint density at radius 1 is 1.33 bits per heavy atom.